The molecular formula is C17H27N3O. The van der Waals surface area contributed by atoms with E-state index in [-0.39, 0.29) is 17.9 Å². The second kappa shape index (κ2) is 7.05. The number of hydrogen-bond acceptors (Lipinski definition) is 3. The van der Waals surface area contributed by atoms with E-state index in [2.05, 4.69) is 24.3 Å². The van der Waals surface area contributed by atoms with E-state index < -0.39 is 0 Å². The van der Waals surface area contributed by atoms with Gasteiger partial charge in [0.05, 0.1) is 5.92 Å². The van der Waals surface area contributed by atoms with Gasteiger partial charge in [-0.25, -0.2) is 0 Å². The lowest BCUT2D eigenvalue weighted by atomic mass is 9.94. The molecule has 0 radical (unpaired) electrons. The number of nitrogens with one attached hydrogen (secondary N) is 1. The molecule has 3 N–H and O–H groups in total. The van der Waals surface area contributed by atoms with Gasteiger partial charge in [0.1, 0.15) is 0 Å². The molecule has 1 fully saturated rings. The third kappa shape index (κ3) is 4.29. The zero-order chi connectivity index (χ0) is 15.4. The maximum atomic E-state index is 12.3. The number of carbonyl (C=O) groups is 1. The van der Waals surface area contributed by atoms with Crippen molar-refractivity contribution in [1.82, 2.24) is 10.2 Å². The number of carbonyl (C=O) groups excluding carboxylic acids is 1. The van der Waals surface area contributed by atoms with Gasteiger partial charge in [0.15, 0.2) is 0 Å². The molecule has 1 saturated carbocycles. The highest BCUT2D eigenvalue weighted by molar-refractivity contribution is 5.79. The summed E-state index contributed by atoms with van der Waals surface area (Å²) < 4.78 is 0. The maximum absolute atomic E-state index is 12.3. The molecule has 3 unspecified atom stereocenters. The van der Waals surface area contributed by atoms with Crippen LogP contribution in [0.25, 0.3) is 0 Å². The number of nitrogens with two attached hydrogens (primary N) is 1. The molecule has 0 heterocycles. The fourth-order valence-corrected chi connectivity index (χ4v) is 2.75. The minimum Gasteiger partial charge on any atom is -0.354 e. The first-order chi connectivity index (χ1) is 10.0. The first-order valence-corrected chi connectivity index (χ1v) is 7.75. The molecule has 3 atom stereocenters. The monoisotopic (exact) mass is 289 g/mol. The molecule has 116 valence electrons. The molecule has 1 aromatic rings. The van der Waals surface area contributed by atoms with Gasteiger partial charge in [-0.3, -0.25) is 4.79 Å². The van der Waals surface area contributed by atoms with Crippen LogP contribution in [0.1, 0.15) is 31.4 Å². The lowest BCUT2D eigenvalue weighted by Crippen LogP contribution is -2.44. The Kier molecular flexibility index (Phi) is 5.37. The van der Waals surface area contributed by atoms with Crippen molar-refractivity contribution in [1.29, 1.82) is 0 Å². The summed E-state index contributed by atoms with van der Waals surface area (Å²) in [6, 6.07) is 9.99. The molecule has 0 bridgehead atoms. The Labute approximate surface area is 127 Å². The van der Waals surface area contributed by atoms with Crippen LogP contribution in [0.2, 0.25) is 0 Å². The van der Waals surface area contributed by atoms with E-state index in [9.17, 15) is 4.79 Å². The molecule has 21 heavy (non-hydrogen) atoms. The van der Waals surface area contributed by atoms with Gasteiger partial charge < -0.3 is 16.0 Å². The van der Waals surface area contributed by atoms with Gasteiger partial charge in [0, 0.05) is 18.6 Å². The molecule has 2 rings (SSSR count). The van der Waals surface area contributed by atoms with Crippen LogP contribution in [0.15, 0.2) is 30.3 Å². The van der Waals surface area contributed by atoms with Crippen molar-refractivity contribution >= 4 is 5.91 Å². The van der Waals surface area contributed by atoms with E-state index in [0.717, 1.165) is 11.5 Å². The zero-order valence-corrected chi connectivity index (χ0v) is 13.3. The first-order valence-electron chi connectivity index (χ1n) is 7.75. The van der Waals surface area contributed by atoms with Crippen LogP contribution in [0, 0.1) is 11.8 Å². The van der Waals surface area contributed by atoms with E-state index in [0.29, 0.717) is 12.6 Å². The second-order valence-corrected chi connectivity index (χ2v) is 6.34. The summed E-state index contributed by atoms with van der Waals surface area (Å²) in [6.45, 7) is 2.61. The maximum Gasteiger partial charge on any atom is 0.224 e. The predicted octanol–water partition coefficient (Wildman–Crippen LogP) is 1.78. The van der Waals surface area contributed by atoms with E-state index >= 15 is 0 Å². The molecule has 0 saturated heterocycles. The second-order valence-electron chi connectivity index (χ2n) is 6.34. The Hall–Kier alpha value is -1.39. The minimum absolute atomic E-state index is 0.0406. The molecule has 0 aromatic heterocycles. The molecule has 4 nitrogen and oxygen atoms in total. The van der Waals surface area contributed by atoms with Crippen molar-refractivity contribution in [3.8, 4) is 0 Å². The number of rotatable bonds is 7. The van der Waals surface area contributed by atoms with E-state index in [1.807, 2.05) is 37.3 Å². The average Bonchev–Trinajstić information content (AvgIpc) is 3.31. The van der Waals surface area contributed by atoms with E-state index in [1.54, 1.807) is 0 Å². The van der Waals surface area contributed by atoms with Crippen molar-refractivity contribution in [2.45, 2.75) is 31.8 Å². The van der Waals surface area contributed by atoms with Crippen LogP contribution < -0.4 is 11.1 Å². The average molecular weight is 289 g/mol. The van der Waals surface area contributed by atoms with E-state index in [1.165, 1.54) is 12.8 Å². The molecule has 1 aliphatic rings. The molecule has 1 aromatic carbocycles. The summed E-state index contributed by atoms with van der Waals surface area (Å²) in [4.78, 5) is 14.5. The van der Waals surface area contributed by atoms with Crippen molar-refractivity contribution < 1.29 is 4.79 Å². The quantitative estimate of drug-likeness (QED) is 0.804. The van der Waals surface area contributed by atoms with Crippen LogP contribution in [0.5, 0.6) is 0 Å². The van der Waals surface area contributed by atoms with Crippen molar-refractivity contribution in [3.05, 3.63) is 35.9 Å². The topological polar surface area (TPSA) is 58.4 Å². The minimum atomic E-state index is -0.259. The molecule has 1 amide bonds. The van der Waals surface area contributed by atoms with Crippen LogP contribution in [-0.2, 0) is 4.79 Å². The first kappa shape index (κ1) is 16.0. The van der Waals surface area contributed by atoms with Crippen LogP contribution in [0.3, 0.4) is 0 Å². The zero-order valence-electron chi connectivity index (χ0n) is 13.3. The molecule has 0 aliphatic heterocycles. The third-order valence-electron chi connectivity index (χ3n) is 4.45. The van der Waals surface area contributed by atoms with Crippen LogP contribution in [0.4, 0.5) is 0 Å². The SMILES string of the molecule is CC(C(=O)NCC(C1CC1)N(C)C)C(N)c1ccccc1. The van der Waals surface area contributed by atoms with Gasteiger partial charge >= 0.3 is 0 Å². The smallest absolute Gasteiger partial charge is 0.224 e. The number of benzene rings is 1. The number of likely N-dealkylation sites (N-methyl/N-ethyl adjacent to an activating group) is 1. The fourth-order valence-electron chi connectivity index (χ4n) is 2.75. The summed E-state index contributed by atoms with van der Waals surface area (Å²) in [7, 11) is 4.16. The Balaban J connectivity index is 1.87. The number of amides is 1. The fraction of sp³-hybridized carbons (Fsp3) is 0.588. The van der Waals surface area contributed by atoms with Gasteiger partial charge in [-0.1, -0.05) is 37.3 Å². The summed E-state index contributed by atoms with van der Waals surface area (Å²) in [5, 5.41) is 3.08. The van der Waals surface area contributed by atoms with Crippen molar-refractivity contribution in [3.63, 3.8) is 0 Å². The lowest BCUT2D eigenvalue weighted by Gasteiger charge is -2.26. The summed E-state index contributed by atoms with van der Waals surface area (Å²) >= 11 is 0. The molecular weight excluding hydrogens is 262 g/mol. The molecule has 4 heteroatoms. The number of hydrogen-bond donors (Lipinski definition) is 2. The standard InChI is InChI=1S/C17H27N3O/c1-12(16(18)14-7-5-4-6-8-14)17(21)19-11-15(20(2)3)13-9-10-13/h4-8,12-13,15-16H,9-11,18H2,1-3H3,(H,19,21). The third-order valence-corrected chi connectivity index (χ3v) is 4.45. The Bertz CT molecular complexity index is 454. The van der Waals surface area contributed by atoms with Gasteiger partial charge in [-0.05, 0) is 38.4 Å². The van der Waals surface area contributed by atoms with Crippen LogP contribution in [-0.4, -0.2) is 37.5 Å². The Morgan fingerprint density at radius 1 is 1.33 bits per heavy atom. The highest BCUT2D eigenvalue weighted by Gasteiger charge is 2.33. The summed E-state index contributed by atoms with van der Waals surface area (Å²) in [5.74, 6) is 0.548. The number of nitrogens with zero attached hydrogens (tertiary/aromatic N) is 1. The normalized spacial score (nSPS) is 19.1. The van der Waals surface area contributed by atoms with Gasteiger partial charge in [0.2, 0.25) is 5.91 Å². The largest absolute Gasteiger partial charge is 0.354 e. The van der Waals surface area contributed by atoms with E-state index in [4.69, 9.17) is 5.73 Å². The summed E-state index contributed by atoms with van der Waals surface area (Å²) in [5.41, 5.74) is 7.21. The van der Waals surface area contributed by atoms with Crippen LogP contribution >= 0.6 is 0 Å². The van der Waals surface area contributed by atoms with Gasteiger partial charge in [-0.15, -0.1) is 0 Å². The van der Waals surface area contributed by atoms with Gasteiger partial charge in [0.25, 0.3) is 0 Å². The van der Waals surface area contributed by atoms with Crippen molar-refractivity contribution in [2.24, 2.45) is 17.6 Å². The Morgan fingerprint density at radius 3 is 2.48 bits per heavy atom. The van der Waals surface area contributed by atoms with Gasteiger partial charge in [-0.2, -0.15) is 0 Å². The summed E-state index contributed by atoms with van der Waals surface area (Å²) in [6.07, 6.45) is 2.55. The highest BCUT2D eigenvalue weighted by Crippen LogP contribution is 2.34. The van der Waals surface area contributed by atoms with Crippen molar-refractivity contribution in [2.75, 3.05) is 20.6 Å². The Morgan fingerprint density at radius 2 is 1.95 bits per heavy atom. The molecule has 0 spiro atoms. The predicted molar refractivity (Wildman–Crippen MR) is 85.7 cm³/mol. The lowest BCUT2D eigenvalue weighted by molar-refractivity contribution is -0.125. The molecule has 1 aliphatic carbocycles. The highest BCUT2D eigenvalue weighted by atomic mass is 16.1.